The fourth-order valence-electron chi connectivity index (χ4n) is 5.48. The Balaban J connectivity index is 1.32. The molecule has 2 aromatic carbocycles. The van der Waals surface area contributed by atoms with Crippen molar-refractivity contribution in [2.75, 3.05) is 26.4 Å². The van der Waals surface area contributed by atoms with Gasteiger partial charge in [0.25, 0.3) is 0 Å². The minimum atomic E-state index is -1.22. The van der Waals surface area contributed by atoms with Gasteiger partial charge in [-0.15, -0.1) is 0 Å². The Morgan fingerprint density at radius 3 is 2.26 bits per heavy atom. The Bertz CT molecular complexity index is 1060. The average Bonchev–Trinajstić information content (AvgIpc) is 3.46. The molecular formula is C26H28N2O6. The second kappa shape index (κ2) is 9.10. The van der Waals surface area contributed by atoms with E-state index in [1.807, 2.05) is 36.4 Å². The van der Waals surface area contributed by atoms with E-state index in [0.717, 1.165) is 22.3 Å². The maximum absolute atomic E-state index is 13.5. The molecule has 3 aliphatic rings. The Kier molecular flexibility index (Phi) is 6.00. The van der Waals surface area contributed by atoms with Gasteiger partial charge in [0.05, 0.1) is 0 Å². The SMILES string of the molecule is O=C(NC1(C(=O)N2CCCC2C(=O)O)CCOCC1)OCC1c2ccccc2-c2ccccc21. The maximum atomic E-state index is 13.5. The number of hydrogen-bond donors (Lipinski definition) is 2. The summed E-state index contributed by atoms with van der Waals surface area (Å²) in [5, 5.41) is 12.3. The van der Waals surface area contributed by atoms with Crippen molar-refractivity contribution in [3.63, 3.8) is 0 Å². The number of ether oxygens (including phenoxy) is 2. The van der Waals surface area contributed by atoms with Crippen LogP contribution in [0.5, 0.6) is 0 Å². The molecule has 34 heavy (non-hydrogen) atoms. The van der Waals surface area contributed by atoms with Crippen LogP contribution in [0.1, 0.15) is 42.7 Å². The lowest BCUT2D eigenvalue weighted by Crippen LogP contribution is -2.63. The van der Waals surface area contributed by atoms with Crippen molar-refractivity contribution in [2.24, 2.45) is 0 Å². The fraction of sp³-hybridized carbons (Fsp3) is 0.423. The number of nitrogens with zero attached hydrogens (tertiary/aromatic N) is 1. The fourth-order valence-corrected chi connectivity index (χ4v) is 5.48. The van der Waals surface area contributed by atoms with Crippen LogP contribution in [0.15, 0.2) is 48.5 Å². The lowest BCUT2D eigenvalue weighted by molar-refractivity contribution is -0.153. The van der Waals surface area contributed by atoms with Gasteiger partial charge >= 0.3 is 12.1 Å². The molecule has 178 valence electrons. The summed E-state index contributed by atoms with van der Waals surface area (Å²) >= 11 is 0. The summed E-state index contributed by atoms with van der Waals surface area (Å²) in [6, 6.07) is 15.3. The van der Waals surface area contributed by atoms with Crippen LogP contribution in [0, 0.1) is 0 Å². The van der Waals surface area contributed by atoms with Gasteiger partial charge in [-0.1, -0.05) is 48.5 Å². The third-order valence-electron chi connectivity index (χ3n) is 7.24. The van der Waals surface area contributed by atoms with Gasteiger partial charge in [0.15, 0.2) is 0 Å². The predicted octanol–water partition coefficient (Wildman–Crippen LogP) is 3.15. The normalized spacial score (nSPS) is 20.9. The van der Waals surface area contributed by atoms with Crippen molar-refractivity contribution in [1.29, 1.82) is 0 Å². The second-order valence-electron chi connectivity index (χ2n) is 9.14. The molecule has 5 rings (SSSR count). The summed E-state index contributed by atoms with van der Waals surface area (Å²) in [5.41, 5.74) is 3.26. The first-order valence-corrected chi connectivity index (χ1v) is 11.7. The van der Waals surface area contributed by atoms with Crippen LogP contribution in [-0.4, -0.2) is 65.9 Å². The number of nitrogens with one attached hydrogen (secondary N) is 1. The largest absolute Gasteiger partial charge is 0.480 e. The average molecular weight is 465 g/mol. The molecule has 1 unspecified atom stereocenters. The number of carboxylic acid groups (broad SMARTS) is 1. The highest BCUT2D eigenvalue weighted by Crippen LogP contribution is 2.44. The lowest BCUT2D eigenvalue weighted by atomic mass is 9.88. The molecule has 2 aromatic rings. The van der Waals surface area contributed by atoms with Gasteiger partial charge in [-0.2, -0.15) is 0 Å². The topological polar surface area (TPSA) is 105 Å². The van der Waals surface area contributed by atoms with Crippen LogP contribution >= 0.6 is 0 Å². The van der Waals surface area contributed by atoms with Crippen molar-refractivity contribution in [1.82, 2.24) is 10.2 Å². The van der Waals surface area contributed by atoms with Crippen molar-refractivity contribution in [2.45, 2.75) is 43.2 Å². The number of likely N-dealkylation sites (tertiary alicyclic amines) is 1. The molecule has 0 saturated carbocycles. The van der Waals surface area contributed by atoms with Gasteiger partial charge < -0.3 is 24.8 Å². The van der Waals surface area contributed by atoms with Gasteiger partial charge in [0, 0.05) is 38.5 Å². The van der Waals surface area contributed by atoms with E-state index in [9.17, 15) is 19.5 Å². The first-order chi connectivity index (χ1) is 16.5. The zero-order chi connectivity index (χ0) is 23.7. The molecule has 8 heteroatoms. The van der Waals surface area contributed by atoms with Crippen molar-refractivity contribution in [3.8, 4) is 11.1 Å². The lowest BCUT2D eigenvalue weighted by Gasteiger charge is -2.39. The number of amides is 2. The number of carbonyl (C=O) groups is 3. The molecule has 1 atom stereocenters. The van der Waals surface area contributed by atoms with Crippen molar-refractivity contribution >= 4 is 18.0 Å². The van der Waals surface area contributed by atoms with Crippen LogP contribution < -0.4 is 5.32 Å². The second-order valence-corrected chi connectivity index (χ2v) is 9.14. The number of fused-ring (bicyclic) bond motifs is 3. The van der Waals surface area contributed by atoms with Crippen molar-refractivity contribution < 1.29 is 29.0 Å². The van der Waals surface area contributed by atoms with Gasteiger partial charge in [-0.05, 0) is 35.1 Å². The Hall–Kier alpha value is -3.39. The third kappa shape index (κ3) is 3.92. The monoisotopic (exact) mass is 464 g/mol. The number of carbonyl (C=O) groups excluding carboxylic acids is 2. The van der Waals surface area contributed by atoms with E-state index in [0.29, 0.717) is 32.6 Å². The smallest absolute Gasteiger partial charge is 0.408 e. The van der Waals surface area contributed by atoms with Gasteiger partial charge in [-0.3, -0.25) is 4.79 Å². The summed E-state index contributed by atoms with van der Waals surface area (Å²) in [5.74, 6) is -1.47. The summed E-state index contributed by atoms with van der Waals surface area (Å²) in [6.45, 7) is 1.12. The van der Waals surface area contributed by atoms with E-state index >= 15 is 0 Å². The Labute approximate surface area is 197 Å². The third-order valence-corrected chi connectivity index (χ3v) is 7.24. The molecule has 2 fully saturated rings. The molecule has 8 nitrogen and oxygen atoms in total. The molecular weight excluding hydrogens is 436 g/mol. The van der Waals surface area contributed by atoms with Crippen LogP contribution in [0.3, 0.4) is 0 Å². The van der Waals surface area contributed by atoms with E-state index in [2.05, 4.69) is 17.4 Å². The number of aliphatic carboxylic acids is 1. The molecule has 0 spiro atoms. The molecule has 2 heterocycles. The van der Waals surface area contributed by atoms with Gasteiger partial charge in [0.2, 0.25) is 5.91 Å². The minimum absolute atomic E-state index is 0.0885. The summed E-state index contributed by atoms with van der Waals surface area (Å²) < 4.78 is 11.1. The number of carboxylic acids is 1. The van der Waals surface area contributed by atoms with E-state index in [-0.39, 0.29) is 31.3 Å². The zero-order valence-corrected chi connectivity index (χ0v) is 18.9. The molecule has 1 aliphatic carbocycles. The molecule has 0 bridgehead atoms. The van der Waals surface area contributed by atoms with E-state index in [4.69, 9.17) is 9.47 Å². The summed E-state index contributed by atoms with van der Waals surface area (Å²) in [4.78, 5) is 39.5. The van der Waals surface area contributed by atoms with Crippen LogP contribution in [0.4, 0.5) is 4.79 Å². The molecule has 2 amide bonds. The summed E-state index contributed by atoms with van der Waals surface area (Å²) in [6.07, 6.45) is 0.916. The predicted molar refractivity (Wildman–Crippen MR) is 123 cm³/mol. The number of rotatable bonds is 5. The first kappa shape index (κ1) is 22.4. The van der Waals surface area contributed by atoms with Gasteiger partial charge in [-0.25, -0.2) is 9.59 Å². The Morgan fingerprint density at radius 1 is 1.03 bits per heavy atom. The van der Waals surface area contributed by atoms with Gasteiger partial charge in [0.1, 0.15) is 18.2 Å². The number of alkyl carbamates (subject to hydrolysis) is 1. The standard InChI is InChI=1S/C26H28N2O6/c29-23(30)22-10-5-13-28(22)24(31)26(11-14-33-15-12-26)27-25(32)34-16-21-19-8-3-1-6-17(19)18-7-2-4-9-20(18)21/h1-4,6-9,21-22H,5,10-16H2,(H,27,32)(H,29,30). The van der Waals surface area contributed by atoms with Crippen LogP contribution in [0.2, 0.25) is 0 Å². The summed E-state index contributed by atoms with van der Waals surface area (Å²) in [7, 11) is 0. The molecule has 2 N–H and O–H groups in total. The minimum Gasteiger partial charge on any atom is -0.480 e. The van der Waals surface area contributed by atoms with E-state index < -0.39 is 23.6 Å². The number of benzene rings is 2. The quantitative estimate of drug-likeness (QED) is 0.704. The highest BCUT2D eigenvalue weighted by molar-refractivity contribution is 5.93. The molecule has 2 saturated heterocycles. The number of hydrogen-bond acceptors (Lipinski definition) is 5. The van der Waals surface area contributed by atoms with Crippen LogP contribution in [-0.2, 0) is 19.1 Å². The highest BCUT2D eigenvalue weighted by atomic mass is 16.5. The maximum Gasteiger partial charge on any atom is 0.408 e. The van der Waals surface area contributed by atoms with E-state index in [1.165, 1.54) is 4.90 Å². The zero-order valence-electron chi connectivity index (χ0n) is 18.9. The van der Waals surface area contributed by atoms with E-state index in [1.54, 1.807) is 0 Å². The molecule has 2 aliphatic heterocycles. The first-order valence-electron chi connectivity index (χ1n) is 11.7. The Morgan fingerprint density at radius 2 is 1.65 bits per heavy atom. The molecule has 0 aromatic heterocycles. The molecule has 0 radical (unpaired) electrons. The van der Waals surface area contributed by atoms with Crippen LogP contribution in [0.25, 0.3) is 11.1 Å². The highest BCUT2D eigenvalue weighted by Gasteiger charge is 2.48. The van der Waals surface area contributed by atoms with Crippen molar-refractivity contribution in [3.05, 3.63) is 59.7 Å².